The minimum Gasteiger partial charge on any atom is -0.347 e. The van der Waals surface area contributed by atoms with Crippen molar-refractivity contribution in [2.45, 2.75) is 32.9 Å². The Labute approximate surface area is 176 Å². The zero-order chi connectivity index (χ0) is 21.3. The van der Waals surface area contributed by atoms with Crippen molar-refractivity contribution < 1.29 is 13.2 Å². The zero-order valence-corrected chi connectivity index (χ0v) is 17.9. The molecule has 1 aliphatic rings. The third-order valence-corrected chi connectivity index (χ3v) is 7.19. The van der Waals surface area contributed by atoms with Crippen LogP contribution in [-0.2, 0) is 16.4 Å². The van der Waals surface area contributed by atoms with Crippen molar-refractivity contribution in [2.75, 3.05) is 11.5 Å². The van der Waals surface area contributed by atoms with Gasteiger partial charge in [0, 0.05) is 6.54 Å². The molecule has 1 unspecified atom stereocenters. The maximum Gasteiger partial charge on any atom is 0.272 e. The predicted octanol–water partition coefficient (Wildman–Crippen LogP) is 3.46. The molecular formula is C23H25N3O3S. The highest BCUT2D eigenvalue weighted by Crippen LogP contribution is 2.30. The van der Waals surface area contributed by atoms with Crippen LogP contribution in [0.4, 0.5) is 0 Å². The second-order valence-electron chi connectivity index (χ2n) is 7.95. The number of sulfone groups is 1. The van der Waals surface area contributed by atoms with Gasteiger partial charge in [-0.3, -0.25) is 9.48 Å². The normalized spacial score (nSPS) is 17.7. The van der Waals surface area contributed by atoms with E-state index in [0.717, 1.165) is 27.9 Å². The Morgan fingerprint density at radius 1 is 1.07 bits per heavy atom. The van der Waals surface area contributed by atoms with Gasteiger partial charge in [0.1, 0.15) is 0 Å². The third-order valence-electron chi connectivity index (χ3n) is 5.44. The van der Waals surface area contributed by atoms with E-state index in [1.54, 1.807) is 10.7 Å². The number of benzene rings is 2. The summed E-state index contributed by atoms with van der Waals surface area (Å²) in [6, 6.07) is 17.4. The summed E-state index contributed by atoms with van der Waals surface area (Å²) in [7, 11) is -3.07. The molecule has 0 aliphatic carbocycles. The van der Waals surface area contributed by atoms with Crippen LogP contribution in [0.2, 0.25) is 0 Å². The smallest absolute Gasteiger partial charge is 0.272 e. The third kappa shape index (κ3) is 4.46. The number of carbonyl (C=O) groups excluding carboxylic acids is 1. The Morgan fingerprint density at radius 3 is 2.30 bits per heavy atom. The van der Waals surface area contributed by atoms with Gasteiger partial charge in [-0.25, -0.2) is 8.42 Å². The van der Waals surface area contributed by atoms with Gasteiger partial charge in [0.25, 0.3) is 5.91 Å². The minimum absolute atomic E-state index is 0.0535. The highest BCUT2D eigenvalue weighted by Gasteiger charge is 2.32. The molecule has 0 saturated carbocycles. The number of nitrogens with one attached hydrogen (secondary N) is 1. The van der Waals surface area contributed by atoms with Crippen LogP contribution >= 0.6 is 0 Å². The van der Waals surface area contributed by atoms with Crippen molar-refractivity contribution in [1.82, 2.24) is 15.1 Å². The maximum absolute atomic E-state index is 12.8. The molecule has 1 fully saturated rings. The largest absolute Gasteiger partial charge is 0.347 e. The zero-order valence-electron chi connectivity index (χ0n) is 17.1. The molecular weight excluding hydrogens is 398 g/mol. The van der Waals surface area contributed by atoms with Gasteiger partial charge in [0.15, 0.2) is 15.5 Å². The summed E-state index contributed by atoms with van der Waals surface area (Å²) in [5.74, 6) is -0.0684. The Kier molecular flexibility index (Phi) is 5.47. The van der Waals surface area contributed by atoms with E-state index in [2.05, 4.69) is 10.4 Å². The molecule has 1 saturated heterocycles. The van der Waals surface area contributed by atoms with E-state index in [1.165, 1.54) is 0 Å². The molecule has 1 N–H and O–H groups in total. The summed E-state index contributed by atoms with van der Waals surface area (Å²) in [6.07, 6.45) is 0.507. The Morgan fingerprint density at radius 2 is 1.70 bits per heavy atom. The van der Waals surface area contributed by atoms with Crippen LogP contribution in [0.3, 0.4) is 0 Å². The number of hydrogen-bond acceptors (Lipinski definition) is 4. The van der Waals surface area contributed by atoms with Gasteiger partial charge in [0.05, 0.1) is 23.2 Å². The molecule has 3 aromatic rings. The molecule has 30 heavy (non-hydrogen) atoms. The van der Waals surface area contributed by atoms with Crippen LogP contribution in [0.1, 0.15) is 39.6 Å². The highest BCUT2D eigenvalue weighted by atomic mass is 32.2. The van der Waals surface area contributed by atoms with Gasteiger partial charge in [-0.1, -0.05) is 59.7 Å². The van der Waals surface area contributed by atoms with E-state index < -0.39 is 9.84 Å². The molecule has 1 amide bonds. The Balaban J connectivity index is 1.61. The van der Waals surface area contributed by atoms with Crippen LogP contribution in [-0.4, -0.2) is 35.6 Å². The van der Waals surface area contributed by atoms with Crippen LogP contribution in [0, 0.1) is 13.8 Å². The average Bonchev–Trinajstić information content (AvgIpc) is 3.31. The topological polar surface area (TPSA) is 81.1 Å². The van der Waals surface area contributed by atoms with Gasteiger partial charge in [-0.05, 0) is 37.5 Å². The van der Waals surface area contributed by atoms with Crippen molar-refractivity contribution >= 4 is 15.7 Å². The Hall–Kier alpha value is -2.93. The first-order chi connectivity index (χ1) is 14.3. The van der Waals surface area contributed by atoms with Gasteiger partial charge >= 0.3 is 0 Å². The van der Waals surface area contributed by atoms with Crippen LogP contribution < -0.4 is 5.32 Å². The molecule has 156 valence electrons. The van der Waals surface area contributed by atoms with Crippen molar-refractivity contribution in [3.8, 4) is 11.3 Å². The number of aromatic nitrogens is 2. The standard InChI is InChI=1S/C23H25N3O3S/c1-16-3-7-18(8-4-16)14-24-23(27)21-13-22(19-9-5-17(2)6-10-19)26(25-21)20-11-12-30(28,29)15-20/h3-10,13,20H,11-12,14-15H2,1-2H3,(H,24,27). The maximum atomic E-state index is 12.8. The lowest BCUT2D eigenvalue weighted by Crippen LogP contribution is -2.24. The first-order valence-corrected chi connectivity index (χ1v) is 11.8. The first-order valence-electron chi connectivity index (χ1n) is 10.0. The van der Waals surface area contributed by atoms with E-state index in [9.17, 15) is 13.2 Å². The number of carbonyl (C=O) groups is 1. The van der Waals surface area contributed by atoms with E-state index in [0.29, 0.717) is 18.7 Å². The summed E-state index contributed by atoms with van der Waals surface area (Å²) in [5, 5.41) is 7.43. The second-order valence-corrected chi connectivity index (χ2v) is 10.2. The fraction of sp³-hybridized carbons (Fsp3) is 0.304. The lowest BCUT2D eigenvalue weighted by Gasteiger charge is -2.13. The summed E-state index contributed by atoms with van der Waals surface area (Å²) < 4.78 is 25.7. The monoisotopic (exact) mass is 423 g/mol. The molecule has 2 heterocycles. The molecule has 0 spiro atoms. The molecule has 0 radical (unpaired) electrons. The number of aryl methyl sites for hydroxylation is 2. The van der Waals surface area contributed by atoms with E-state index in [-0.39, 0.29) is 23.5 Å². The fourth-order valence-corrected chi connectivity index (χ4v) is 5.36. The van der Waals surface area contributed by atoms with Crippen LogP contribution in [0.5, 0.6) is 0 Å². The van der Waals surface area contributed by atoms with Crippen molar-refractivity contribution in [3.05, 3.63) is 77.0 Å². The molecule has 0 bridgehead atoms. The summed E-state index contributed by atoms with van der Waals surface area (Å²) in [5.41, 5.74) is 5.27. The minimum atomic E-state index is -3.07. The predicted molar refractivity (Wildman–Crippen MR) is 117 cm³/mol. The summed E-state index contributed by atoms with van der Waals surface area (Å²) in [6.45, 7) is 4.43. The van der Waals surface area contributed by atoms with Crippen LogP contribution in [0.15, 0.2) is 54.6 Å². The summed E-state index contributed by atoms with van der Waals surface area (Å²) in [4.78, 5) is 12.8. The van der Waals surface area contributed by atoms with Gasteiger partial charge in [-0.15, -0.1) is 0 Å². The van der Waals surface area contributed by atoms with Gasteiger partial charge < -0.3 is 5.32 Å². The molecule has 1 aliphatic heterocycles. The van der Waals surface area contributed by atoms with Crippen LogP contribution in [0.25, 0.3) is 11.3 Å². The number of rotatable bonds is 5. The average molecular weight is 424 g/mol. The van der Waals surface area contributed by atoms with E-state index in [4.69, 9.17) is 0 Å². The van der Waals surface area contributed by atoms with Crippen molar-refractivity contribution in [2.24, 2.45) is 0 Å². The van der Waals surface area contributed by atoms with E-state index >= 15 is 0 Å². The fourth-order valence-electron chi connectivity index (χ4n) is 3.67. The molecule has 2 aromatic carbocycles. The number of hydrogen-bond donors (Lipinski definition) is 1. The van der Waals surface area contributed by atoms with Gasteiger partial charge in [-0.2, -0.15) is 5.10 Å². The van der Waals surface area contributed by atoms with E-state index in [1.807, 2.05) is 62.4 Å². The first kappa shape index (κ1) is 20.3. The number of amides is 1. The second kappa shape index (κ2) is 8.07. The molecule has 4 rings (SSSR count). The quantitative estimate of drug-likeness (QED) is 0.681. The molecule has 1 aromatic heterocycles. The molecule has 6 nitrogen and oxygen atoms in total. The molecule has 7 heteroatoms. The van der Waals surface area contributed by atoms with Crippen molar-refractivity contribution in [1.29, 1.82) is 0 Å². The summed E-state index contributed by atoms with van der Waals surface area (Å²) >= 11 is 0. The van der Waals surface area contributed by atoms with Gasteiger partial charge in [0.2, 0.25) is 0 Å². The highest BCUT2D eigenvalue weighted by molar-refractivity contribution is 7.91. The van der Waals surface area contributed by atoms with Crippen molar-refractivity contribution in [3.63, 3.8) is 0 Å². The lowest BCUT2D eigenvalue weighted by atomic mass is 10.1. The Bertz CT molecular complexity index is 1160. The molecule has 1 atom stereocenters. The lowest BCUT2D eigenvalue weighted by molar-refractivity contribution is 0.0945. The number of nitrogens with zero attached hydrogens (tertiary/aromatic N) is 2. The SMILES string of the molecule is Cc1ccc(CNC(=O)c2cc(-c3ccc(C)cc3)n(C3CCS(=O)(=O)C3)n2)cc1.